The monoisotopic (exact) mass is 215 g/mol. The van der Waals surface area contributed by atoms with Crippen molar-refractivity contribution in [1.29, 1.82) is 0 Å². The molecule has 0 radical (unpaired) electrons. The third-order valence-electron chi connectivity index (χ3n) is 2.16. The molecule has 84 valence electrons. The van der Waals surface area contributed by atoms with Crippen LogP contribution in [0, 0.1) is 0 Å². The first-order valence-corrected chi connectivity index (χ1v) is 4.74. The van der Waals surface area contributed by atoms with E-state index in [0.29, 0.717) is 6.54 Å². The molecular weight excluding hydrogens is 200 g/mol. The van der Waals surface area contributed by atoms with Gasteiger partial charge in [-0.05, 0) is 38.4 Å². The molecule has 0 heterocycles. The van der Waals surface area contributed by atoms with Gasteiger partial charge in [-0.3, -0.25) is 0 Å². The molecule has 4 heteroatoms. The molecule has 0 aliphatic rings. The Morgan fingerprint density at radius 2 is 1.73 bits per heavy atom. The number of aromatic hydroxyl groups is 1. The molecule has 0 spiro atoms. The molecule has 0 unspecified atom stereocenters. The summed E-state index contributed by atoms with van der Waals surface area (Å²) in [6.07, 6.45) is -0.217. The lowest BCUT2D eigenvalue weighted by molar-refractivity contribution is -0.0187. The van der Waals surface area contributed by atoms with E-state index < -0.39 is 5.92 Å². The van der Waals surface area contributed by atoms with Gasteiger partial charge in [0.25, 0.3) is 5.92 Å². The number of benzene rings is 1. The van der Waals surface area contributed by atoms with Crippen LogP contribution in [0.4, 0.5) is 8.78 Å². The fraction of sp³-hybridized carbons (Fsp3) is 0.455. The van der Waals surface area contributed by atoms with Crippen LogP contribution in [0.1, 0.15) is 12.0 Å². The highest BCUT2D eigenvalue weighted by Gasteiger charge is 2.30. The second-order valence-corrected chi connectivity index (χ2v) is 3.80. The first-order valence-electron chi connectivity index (χ1n) is 4.74. The lowest BCUT2D eigenvalue weighted by Crippen LogP contribution is -2.22. The van der Waals surface area contributed by atoms with Gasteiger partial charge in [0.1, 0.15) is 5.75 Å². The molecular formula is C11H15F2NO. The quantitative estimate of drug-likeness (QED) is 0.833. The van der Waals surface area contributed by atoms with Gasteiger partial charge in [0.15, 0.2) is 0 Å². The Hall–Kier alpha value is -1.16. The Bertz CT molecular complexity index is 309. The highest BCUT2D eigenvalue weighted by molar-refractivity contribution is 5.28. The lowest BCUT2D eigenvalue weighted by Gasteiger charge is -2.19. The third kappa shape index (κ3) is 3.47. The number of phenolic OH excluding ortho intramolecular Hbond substituents is 1. The van der Waals surface area contributed by atoms with Crippen LogP contribution < -0.4 is 0 Å². The van der Waals surface area contributed by atoms with Crippen LogP contribution in [0.2, 0.25) is 0 Å². The van der Waals surface area contributed by atoms with E-state index in [0.717, 1.165) is 0 Å². The first kappa shape index (κ1) is 11.9. The van der Waals surface area contributed by atoms with Crippen molar-refractivity contribution >= 4 is 0 Å². The number of rotatable bonds is 4. The molecule has 1 aromatic carbocycles. The molecule has 1 rings (SSSR count). The molecule has 0 aliphatic heterocycles. The Balaban J connectivity index is 2.72. The van der Waals surface area contributed by atoms with Crippen molar-refractivity contribution in [2.75, 3.05) is 20.6 Å². The minimum absolute atomic E-state index is 0.00200. The van der Waals surface area contributed by atoms with E-state index in [9.17, 15) is 8.78 Å². The normalized spacial score (nSPS) is 12.1. The summed E-state index contributed by atoms with van der Waals surface area (Å²) >= 11 is 0. The summed E-state index contributed by atoms with van der Waals surface area (Å²) in [5.41, 5.74) is -0.0536. The molecule has 1 N–H and O–H groups in total. The Morgan fingerprint density at radius 3 is 2.20 bits per heavy atom. The highest BCUT2D eigenvalue weighted by Crippen LogP contribution is 2.32. The molecule has 0 fully saturated rings. The number of hydrogen-bond donors (Lipinski definition) is 1. The van der Waals surface area contributed by atoms with Crippen LogP contribution in [0.25, 0.3) is 0 Å². The standard InChI is InChI=1S/C11H15F2NO/c1-14(2)8-7-11(12,13)9-3-5-10(15)6-4-9/h3-6,15H,7-8H2,1-2H3. The van der Waals surface area contributed by atoms with Crippen molar-refractivity contribution in [2.24, 2.45) is 0 Å². The first-order chi connectivity index (χ1) is 6.92. The molecule has 0 amide bonds. The van der Waals surface area contributed by atoms with Gasteiger partial charge >= 0.3 is 0 Å². The van der Waals surface area contributed by atoms with E-state index in [1.165, 1.54) is 24.3 Å². The number of nitrogens with zero attached hydrogens (tertiary/aromatic N) is 1. The fourth-order valence-electron chi connectivity index (χ4n) is 1.21. The summed E-state index contributed by atoms with van der Waals surface area (Å²) in [5, 5.41) is 8.99. The number of phenols is 1. The molecule has 15 heavy (non-hydrogen) atoms. The largest absolute Gasteiger partial charge is 0.508 e. The summed E-state index contributed by atoms with van der Waals surface area (Å²) in [7, 11) is 3.51. The van der Waals surface area contributed by atoms with Crippen LogP contribution in [0.15, 0.2) is 24.3 Å². The van der Waals surface area contributed by atoms with Gasteiger partial charge in [-0.2, -0.15) is 0 Å². The molecule has 0 saturated heterocycles. The van der Waals surface area contributed by atoms with Crippen molar-refractivity contribution < 1.29 is 13.9 Å². The minimum Gasteiger partial charge on any atom is -0.508 e. The van der Waals surface area contributed by atoms with Crippen LogP contribution in [-0.4, -0.2) is 30.6 Å². The van der Waals surface area contributed by atoms with Crippen LogP contribution in [0.5, 0.6) is 5.75 Å². The molecule has 0 atom stereocenters. The Labute approximate surface area is 88.1 Å². The van der Waals surface area contributed by atoms with Gasteiger partial charge in [-0.1, -0.05) is 0 Å². The van der Waals surface area contributed by atoms with E-state index in [-0.39, 0.29) is 17.7 Å². The molecule has 0 saturated carbocycles. The van der Waals surface area contributed by atoms with Crippen molar-refractivity contribution in [3.8, 4) is 5.75 Å². The second kappa shape index (κ2) is 4.57. The number of halogens is 2. The summed E-state index contributed by atoms with van der Waals surface area (Å²) in [4.78, 5) is 1.72. The summed E-state index contributed by atoms with van der Waals surface area (Å²) < 4.78 is 27.1. The van der Waals surface area contributed by atoms with Crippen molar-refractivity contribution in [2.45, 2.75) is 12.3 Å². The zero-order valence-electron chi connectivity index (χ0n) is 8.87. The summed E-state index contributed by atoms with van der Waals surface area (Å²) in [6, 6.07) is 5.06. The van der Waals surface area contributed by atoms with Gasteiger partial charge < -0.3 is 10.0 Å². The van der Waals surface area contributed by atoms with Gasteiger partial charge in [-0.15, -0.1) is 0 Å². The van der Waals surface area contributed by atoms with Gasteiger partial charge in [0.2, 0.25) is 0 Å². The second-order valence-electron chi connectivity index (χ2n) is 3.80. The fourth-order valence-corrected chi connectivity index (χ4v) is 1.21. The molecule has 1 aromatic rings. The van der Waals surface area contributed by atoms with Gasteiger partial charge in [0.05, 0.1) is 0 Å². The topological polar surface area (TPSA) is 23.5 Å². The van der Waals surface area contributed by atoms with Crippen molar-refractivity contribution in [3.05, 3.63) is 29.8 Å². The summed E-state index contributed by atoms with van der Waals surface area (Å²) in [5.74, 6) is -2.83. The average molecular weight is 215 g/mol. The molecule has 0 aromatic heterocycles. The van der Waals surface area contributed by atoms with E-state index in [4.69, 9.17) is 5.11 Å². The molecule has 0 aliphatic carbocycles. The van der Waals surface area contributed by atoms with E-state index in [1.807, 2.05) is 0 Å². The zero-order valence-corrected chi connectivity index (χ0v) is 8.87. The average Bonchev–Trinajstić information content (AvgIpc) is 2.16. The smallest absolute Gasteiger partial charge is 0.274 e. The Morgan fingerprint density at radius 1 is 1.20 bits per heavy atom. The highest BCUT2D eigenvalue weighted by atomic mass is 19.3. The zero-order chi connectivity index (χ0) is 11.5. The maximum atomic E-state index is 13.5. The maximum Gasteiger partial charge on any atom is 0.274 e. The predicted octanol–water partition coefficient (Wildman–Crippen LogP) is 2.44. The minimum atomic E-state index is -2.84. The van der Waals surface area contributed by atoms with Crippen molar-refractivity contribution in [3.63, 3.8) is 0 Å². The lowest BCUT2D eigenvalue weighted by atomic mass is 10.1. The SMILES string of the molecule is CN(C)CCC(F)(F)c1ccc(O)cc1. The predicted molar refractivity (Wildman–Crippen MR) is 55.2 cm³/mol. The van der Waals surface area contributed by atoms with Crippen LogP contribution in [0.3, 0.4) is 0 Å². The number of hydrogen-bond acceptors (Lipinski definition) is 2. The molecule has 2 nitrogen and oxygen atoms in total. The molecule has 0 bridgehead atoms. The van der Waals surface area contributed by atoms with Crippen LogP contribution >= 0.6 is 0 Å². The van der Waals surface area contributed by atoms with E-state index in [1.54, 1.807) is 19.0 Å². The van der Waals surface area contributed by atoms with E-state index >= 15 is 0 Å². The van der Waals surface area contributed by atoms with Crippen LogP contribution in [-0.2, 0) is 5.92 Å². The maximum absolute atomic E-state index is 13.5. The number of alkyl halides is 2. The summed E-state index contributed by atoms with van der Waals surface area (Å²) in [6.45, 7) is 0.327. The van der Waals surface area contributed by atoms with E-state index in [2.05, 4.69) is 0 Å². The third-order valence-corrected chi connectivity index (χ3v) is 2.16. The Kier molecular flexibility index (Phi) is 3.63. The van der Waals surface area contributed by atoms with Crippen molar-refractivity contribution in [1.82, 2.24) is 4.90 Å². The van der Waals surface area contributed by atoms with Gasteiger partial charge in [-0.25, -0.2) is 8.78 Å². The van der Waals surface area contributed by atoms with Gasteiger partial charge in [0, 0.05) is 18.5 Å².